The summed E-state index contributed by atoms with van der Waals surface area (Å²) in [6.07, 6.45) is 1.81. The minimum Gasteiger partial charge on any atom is -0.389 e. The molecule has 94 valence electrons. The highest BCUT2D eigenvalue weighted by Crippen LogP contribution is 2.29. The minimum absolute atomic E-state index is 0.466. The summed E-state index contributed by atoms with van der Waals surface area (Å²) in [5.74, 6) is 0.814. The Morgan fingerprint density at radius 1 is 1.24 bits per heavy atom. The molecule has 0 aliphatic carbocycles. The summed E-state index contributed by atoms with van der Waals surface area (Å²) in [6.45, 7) is 5.34. The van der Waals surface area contributed by atoms with Crippen LogP contribution in [0.2, 0.25) is 0 Å². The van der Waals surface area contributed by atoms with Gasteiger partial charge >= 0.3 is 0 Å². The van der Waals surface area contributed by atoms with Gasteiger partial charge in [-0.1, -0.05) is 25.1 Å². The van der Waals surface area contributed by atoms with Crippen LogP contribution in [0.4, 0.5) is 0 Å². The summed E-state index contributed by atoms with van der Waals surface area (Å²) >= 11 is 1.77. The molecule has 0 aromatic heterocycles. The molecule has 0 saturated carbocycles. The molecule has 1 saturated heterocycles. The molecule has 1 aromatic carbocycles. The molecule has 1 N–H and O–H groups in total. The molecule has 1 aliphatic heterocycles. The van der Waals surface area contributed by atoms with Crippen LogP contribution in [0.3, 0.4) is 0 Å². The lowest BCUT2D eigenvalue weighted by Gasteiger charge is -2.37. The highest BCUT2D eigenvalue weighted by atomic mass is 32.2. The fraction of sp³-hybridized carbons (Fsp3) is 0.571. The van der Waals surface area contributed by atoms with Gasteiger partial charge in [0.05, 0.1) is 5.60 Å². The lowest BCUT2D eigenvalue weighted by molar-refractivity contribution is 0.000225. The lowest BCUT2D eigenvalue weighted by Crippen LogP contribution is -2.45. The van der Waals surface area contributed by atoms with Crippen molar-refractivity contribution in [2.24, 2.45) is 0 Å². The van der Waals surface area contributed by atoms with E-state index in [9.17, 15) is 5.11 Å². The number of benzene rings is 1. The molecule has 2 rings (SSSR count). The zero-order valence-corrected chi connectivity index (χ0v) is 11.2. The van der Waals surface area contributed by atoms with E-state index in [0.29, 0.717) is 0 Å². The van der Waals surface area contributed by atoms with Crippen LogP contribution in [0.15, 0.2) is 35.2 Å². The molecule has 0 atom stereocenters. The van der Waals surface area contributed by atoms with E-state index >= 15 is 0 Å². The van der Waals surface area contributed by atoms with Crippen molar-refractivity contribution in [3.05, 3.63) is 30.3 Å². The van der Waals surface area contributed by atoms with Crippen molar-refractivity contribution >= 4 is 11.8 Å². The zero-order chi connectivity index (χ0) is 12.1. The number of nitrogens with zero attached hydrogens (tertiary/aromatic N) is 1. The van der Waals surface area contributed by atoms with Crippen molar-refractivity contribution < 1.29 is 5.11 Å². The van der Waals surface area contributed by atoms with Gasteiger partial charge in [-0.3, -0.25) is 0 Å². The van der Waals surface area contributed by atoms with Gasteiger partial charge in [-0.15, -0.1) is 11.8 Å². The van der Waals surface area contributed by atoms with E-state index in [4.69, 9.17) is 0 Å². The van der Waals surface area contributed by atoms with Crippen molar-refractivity contribution in [1.82, 2.24) is 4.90 Å². The maximum atomic E-state index is 10.5. The molecule has 0 spiro atoms. The number of thioether (sulfide) groups is 1. The quantitative estimate of drug-likeness (QED) is 0.832. The summed E-state index contributed by atoms with van der Waals surface area (Å²) in [6, 6.07) is 10.3. The summed E-state index contributed by atoms with van der Waals surface area (Å²) in [5.41, 5.74) is -0.466. The maximum Gasteiger partial charge on any atom is 0.0765 e. The molecule has 1 fully saturated rings. The Bertz CT molecular complexity index is 333. The third kappa shape index (κ3) is 3.73. The van der Waals surface area contributed by atoms with E-state index < -0.39 is 5.60 Å². The molecule has 1 aromatic rings. The van der Waals surface area contributed by atoms with E-state index in [2.05, 4.69) is 24.0 Å². The third-order valence-corrected chi connectivity index (χ3v) is 4.77. The third-order valence-electron chi connectivity index (χ3n) is 3.48. The fourth-order valence-corrected chi connectivity index (χ4v) is 3.24. The van der Waals surface area contributed by atoms with Crippen LogP contribution in [-0.4, -0.2) is 41.0 Å². The average Bonchev–Trinajstić information content (AvgIpc) is 2.39. The molecular formula is C14H21NOS. The monoisotopic (exact) mass is 251 g/mol. The van der Waals surface area contributed by atoms with Crippen LogP contribution >= 0.6 is 11.8 Å². The largest absolute Gasteiger partial charge is 0.389 e. The first-order chi connectivity index (χ1) is 8.22. The number of hydrogen-bond acceptors (Lipinski definition) is 3. The Morgan fingerprint density at radius 2 is 1.88 bits per heavy atom. The Morgan fingerprint density at radius 3 is 2.47 bits per heavy atom. The van der Waals surface area contributed by atoms with Gasteiger partial charge in [0.25, 0.3) is 0 Å². The van der Waals surface area contributed by atoms with E-state index in [1.807, 2.05) is 18.2 Å². The van der Waals surface area contributed by atoms with Gasteiger partial charge in [-0.2, -0.15) is 0 Å². The summed E-state index contributed by atoms with van der Waals surface area (Å²) in [7, 11) is 0. The molecule has 0 unspecified atom stereocenters. The number of aliphatic hydroxyl groups is 1. The molecule has 1 aliphatic rings. The normalized spacial score (nSPS) is 20.4. The highest BCUT2D eigenvalue weighted by Gasteiger charge is 2.31. The van der Waals surface area contributed by atoms with Crippen LogP contribution in [0, 0.1) is 0 Å². The SMILES string of the molecule is CCN1CCC(O)(CSc2ccccc2)CC1. The molecule has 2 nitrogen and oxygen atoms in total. The minimum atomic E-state index is -0.466. The van der Waals surface area contributed by atoms with E-state index in [0.717, 1.165) is 38.2 Å². The zero-order valence-electron chi connectivity index (χ0n) is 10.4. The van der Waals surface area contributed by atoms with Crippen molar-refractivity contribution in [3.8, 4) is 0 Å². The summed E-state index contributed by atoms with van der Waals surface area (Å²) in [4.78, 5) is 3.65. The van der Waals surface area contributed by atoms with Crippen molar-refractivity contribution in [2.45, 2.75) is 30.3 Å². The van der Waals surface area contributed by atoms with Crippen LogP contribution in [-0.2, 0) is 0 Å². The highest BCUT2D eigenvalue weighted by molar-refractivity contribution is 7.99. The Balaban J connectivity index is 1.83. The number of hydrogen-bond donors (Lipinski definition) is 1. The van der Waals surface area contributed by atoms with Gasteiger partial charge in [0.1, 0.15) is 0 Å². The first-order valence-corrected chi connectivity index (χ1v) is 7.33. The molecule has 3 heteroatoms. The molecule has 1 heterocycles. The summed E-state index contributed by atoms with van der Waals surface area (Å²) < 4.78 is 0. The topological polar surface area (TPSA) is 23.5 Å². The second-order valence-corrected chi connectivity index (χ2v) is 5.81. The average molecular weight is 251 g/mol. The van der Waals surface area contributed by atoms with Gasteiger partial charge in [0.2, 0.25) is 0 Å². The van der Waals surface area contributed by atoms with E-state index in [-0.39, 0.29) is 0 Å². The van der Waals surface area contributed by atoms with Gasteiger partial charge in [-0.25, -0.2) is 0 Å². The van der Waals surface area contributed by atoms with Gasteiger partial charge < -0.3 is 10.0 Å². The van der Waals surface area contributed by atoms with Gasteiger partial charge in [0.15, 0.2) is 0 Å². The van der Waals surface area contributed by atoms with E-state index in [1.54, 1.807) is 11.8 Å². The van der Waals surface area contributed by atoms with Gasteiger partial charge in [0, 0.05) is 23.7 Å². The van der Waals surface area contributed by atoms with Crippen molar-refractivity contribution in [1.29, 1.82) is 0 Å². The van der Waals surface area contributed by atoms with Crippen LogP contribution < -0.4 is 0 Å². The van der Waals surface area contributed by atoms with Crippen LogP contribution in [0.1, 0.15) is 19.8 Å². The Labute approximate surface area is 108 Å². The summed E-state index contributed by atoms with van der Waals surface area (Å²) in [5, 5.41) is 10.5. The molecular weight excluding hydrogens is 230 g/mol. The Kier molecular flexibility index (Phi) is 4.48. The van der Waals surface area contributed by atoms with E-state index in [1.165, 1.54) is 4.90 Å². The van der Waals surface area contributed by atoms with Crippen LogP contribution in [0.25, 0.3) is 0 Å². The Hall–Kier alpha value is -0.510. The van der Waals surface area contributed by atoms with Crippen molar-refractivity contribution in [2.75, 3.05) is 25.4 Å². The smallest absolute Gasteiger partial charge is 0.0765 e. The second kappa shape index (κ2) is 5.89. The molecule has 17 heavy (non-hydrogen) atoms. The van der Waals surface area contributed by atoms with Crippen LogP contribution in [0.5, 0.6) is 0 Å². The fourth-order valence-electron chi connectivity index (χ4n) is 2.16. The number of likely N-dealkylation sites (tertiary alicyclic amines) is 1. The predicted octanol–water partition coefficient (Wildman–Crippen LogP) is 2.63. The molecule has 0 bridgehead atoms. The maximum absolute atomic E-state index is 10.5. The predicted molar refractivity (Wildman–Crippen MR) is 73.5 cm³/mol. The second-order valence-electron chi connectivity index (χ2n) is 4.76. The lowest BCUT2D eigenvalue weighted by atomic mass is 9.94. The first-order valence-electron chi connectivity index (χ1n) is 6.34. The number of rotatable bonds is 4. The molecule has 0 amide bonds. The molecule has 0 radical (unpaired) electrons. The standard InChI is InChI=1S/C14H21NOS/c1-2-15-10-8-14(16,9-11-15)12-17-13-6-4-3-5-7-13/h3-7,16H,2,8-12H2,1H3. The number of piperidine rings is 1. The van der Waals surface area contributed by atoms with Crippen molar-refractivity contribution in [3.63, 3.8) is 0 Å². The first kappa shape index (κ1) is 12.9. The van der Waals surface area contributed by atoms with Gasteiger partial charge in [-0.05, 0) is 31.5 Å².